The van der Waals surface area contributed by atoms with Crippen molar-refractivity contribution in [3.63, 3.8) is 0 Å². The fourth-order valence-electron chi connectivity index (χ4n) is 8.68. The quantitative estimate of drug-likeness (QED) is 0.0196. The molecule has 1 saturated heterocycles. The number of carbonyl (C=O) groups excluding carboxylic acids is 2. The van der Waals surface area contributed by atoms with Crippen LogP contribution in [-0.2, 0) is 23.8 Å². The lowest BCUT2D eigenvalue weighted by atomic mass is 9.99. The van der Waals surface area contributed by atoms with Crippen molar-refractivity contribution < 1.29 is 49.3 Å². The summed E-state index contributed by atoms with van der Waals surface area (Å²) in [5, 5.41) is 54.1. The zero-order valence-corrected chi connectivity index (χ0v) is 43.6. The number of ether oxygens (including phenoxy) is 3. The fourth-order valence-corrected chi connectivity index (χ4v) is 8.68. The van der Waals surface area contributed by atoms with Crippen molar-refractivity contribution in [1.29, 1.82) is 0 Å². The Morgan fingerprint density at radius 2 is 0.956 bits per heavy atom. The van der Waals surface area contributed by atoms with Gasteiger partial charge in [0.05, 0.1) is 32.0 Å². The van der Waals surface area contributed by atoms with Crippen LogP contribution in [0, 0.1) is 0 Å². The molecule has 6 N–H and O–H groups in total. The van der Waals surface area contributed by atoms with Gasteiger partial charge >= 0.3 is 5.97 Å². The van der Waals surface area contributed by atoms with Crippen LogP contribution in [0.5, 0.6) is 0 Å². The zero-order chi connectivity index (χ0) is 49.6. The maximum Gasteiger partial charge on any atom is 0.305 e. The molecule has 398 valence electrons. The first-order valence-corrected chi connectivity index (χ1v) is 28.3. The molecule has 1 fully saturated rings. The standard InChI is InChI=1S/C57H105NO10/c1-3-5-7-9-11-13-24-29-33-37-41-45-53(62)66-46-42-38-34-30-26-23-21-19-17-15-14-16-18-20-22-25-28-32-36-40-44-52(61)58-49(50(60)43-39-35-31-27-12-10-8-6-4-2)48-67-57-56(65)55(64)54(63)51(47-59)68-57/h12,14,16,27,39,43,49-51,54-57,59-60,63-65H,3-11,13,15,17-26,28-38,40-42,44-48H2,1-2H3,(H,58,61)/b16-14-,27-12+,43-39+. The van der Waals surface area contributed by atoms with Crippen LogP contribution in [0.2, 0.25) is 0 Å². The molecule has 1 aliphatic heterocycles. The van der Waals surface area contributed by atoms with Crippen molar-refractivity contribution >= 4 is 11.9 Å². The minimum Gasteiger partial charge on any atom is -0.466 e. The molecule has 1 amide bonds. The van der Waals surface area contributed by atoms with E-state index in [1.807, 2.05) is 6.08 Å². The number of esters is 1. The molecule has 0 spiro atoms. The highest BCUT2D eigenvalue weighted by atomic mass is 16.7. The van der Waals surface area contributed by atoms with E-state index in [2.05, 4.69) is 43.5 Å². The Bertz CT molecular complexity index is 1230. The molecular weight excluding hydrogens is 859 g/mol. The largest absolute Gasteiger partial charge is 0.466 e. The maximum absolute atomic E-state index is 13.0. The molecule has 0 aromatic heterocycles. The number of rotatable bonds is 48. The topological polar surface area (TPSA) is 175 Å². The lowest BCUT2D eigenvalue weighted by Gasteiger charge is -2.40. The Balaban J connectivity index is 2.07. The second kappa shape index (κ2) is 47.2. The average Bonchev–Trinajstić information content (AvgIpc) is 3.33. The molecule has 68 heavy (non-hydrogen) atoms. The lowest BCUT2D eigenvalue weighted by Crippen LogP contribution is -2.60. The van der Waals surface area contributed by atoms with Crippen molar-refractivity contribution in [3.05, 3.63) is 36.5 Å². The Morgan fingerprint density at radius 1 is 0.529 bits per heavy atom. The van der Waals surface area contributed by atoms with Gasteiger partial charge < -0.3 is 45.1 Å². The van der Waals surface area contributed by atoms with E-state index in [-0.39, 0.29) is 18.5 Å². The second-order valence-electron chi connectivity index (χ2n) is 19.6. The van der Waals surface area contributed by atoms with Gasteiger partial charge in [-0.3, -0.25) is 9.59 Å². The predicted molar refractivity (Wildman–Crippen MR) is 278 cm³/mol. The summed E-state index contributed by atoms with van der Waals surface area (Å²) in [5.41, 5.74) is 0. The molecule has 7 unspecified atom stereocenters. The fraction of sp³-hybridized carbons (Fsp3) is 0.860. The third-order valence-electron chi connectivity index (χ3n) is 13.2. The van der Waals surface area contributed by atoms with E-state index in [1.165, 1.54) is 148 Å². The van der Waals surface area contributed by atoms with E-state index in [9.17, 15) is 35.1 Å². The van der Waals surface area contributed by atoms with Crippen LogP contribution >= 0.6 is 0 Å². The van der Waals surface area contributed by atoms with Crippen molar-refractivity contribution in [2.75, 3.05) is 19.8 Å². The maximum atomic E-state index is 13.0. The summed E-state index contributed by atoms with van der Waals surface area (Å²) in [4.78, 5) is 25.0. The summed E-state index contributed by atoms with van der Waals surface area (Å²) in [7, 11) is 0. The number of hydrogen-bond donors (Lipinski definition) is 6. The monoisotopic (exact) mass is 964 g/mol. The van der Waals surface area contributed by atoms with Crippen molar-refractivity contribution in [3.8, 4) is 0 Å². The van der Waals surface area contributed by atoms with Crippen LogP contribution in [0.15, 0.2) is 36.5 Å². The first kappa shape index (κ1) is 63.9. The molecule has 1 aliphatic rings. The summed E-state index contributed by atoms with van der Waals surface area (Å²) < 4.78 is 16.6. The lowest BCUT2D eigenvalue weighted by molar-refractivity contribution is -0.302. The predicted octanol–water partition coefficient (Wildman–Crippen LogP) is 12.3. The Morgan fingerprint density at radius 3 is 1.49 bits per heavy atom. The number of hydrogen-bond acceptors (Lipinski definition) is 10. The van der Waals surface area contributed by atoms with Gasteiger partial charge in [0.15, 0.2) is 6.29 Å². The Kier molecular flexibility index (Phi) is 44.4. The number of aliphatic hydroxyl groups is 5. The number of nitrogens with one attached hydrogen (secondary N) is 1. The molecule has 0 aromatic rings. The number of aliphatic hydroxyl groups excluding tert-OH is 5. The molecule has 1 heterocycles. The smallest absolute Gasteiger partial charge is 0.305 e. The van der Waals surface area contributed by atoms with Gasteiger partial charge in [-0.25, -0.2) is 0 Å². The van der Waals surface area contributed by atoms with Gasteiger partial charge in [-0.2, -0.15) is 0 Å². The van der Waals surface area contributed by atoms with Gasteiger partial charge in [0.2, 0.25) is 5.91 Å². The van der Waals surface area contributed by atoms with Crippen molar-refractivity contribution in [1.82, 2.24) is 5.32 Å². The van der Waals surface area contributed by atoms with E-state index >= 15 is 0 Å². The van der Waals surface area contributed by atoms with Gasteiger partial charge in [0.1, 0.15) is 24.4 Å². The molecule has 0 aliphatic carbocycles. The molecule has 11 heteroatoms. The average molecular weight is 964 g/mol. The number of allylic oxidation sites excluding steroid dienone is 5. The highest BCUT2D eigenvalue weighted by Gasteiger charge is 2.44. The van der Waals surface area contributed by atoms with Gasteiger partial charge in [-0.05, 0) is 70.6 Å². The third-order valence-corrected chi connectivity index (χ3v) is 13.2. The molecule has 7 atom stereocenters. The summed E-state index contributed by atoms with van der Waals surface area (Å²) >= 11 is 0. The molecular formula is C57H105NO10. The first-order chi connectivity index (χ1) is 33.2. The van der Waals surface area contributed by atoms with Crippen LogP contribution in [0.3, 0.4) is 0 Å². The van der Waals surface area contributed by atoms with Gasteiger partial charge in [-0.1, -0.05) is 204 Å². The number of carbonyl (C=O) groups is 2. The normalized spacial score (nSPS) is 19.7. The molecule has 0 radical (unpaired) electrons. The Labute approximate surface area is 415 Å². The van der Waals surface area contributed by atoms with Crippen LogP contribution in [0.25, 0.3) is 0 Å². The van der Waals surface area contributed by atoms with Crippen molar-refractivity contribution in [2.24, 2.45) is 0 Å². The third kappa shape index (κ3) is 36.8. The summed E-state index contributed by atoms with van der Waals surface area (Å²) in [6, 6.07) is -0.832. The second-order valence-corrected chi connectivity index (χ2v) is 19.6. The minimum absolute atomic E-state index is 0.00919. The van der Waals surface area contributed by atoms with E-state index in [0.29, 0.717) is 19.4 Å². The van der Waals surface area contributed by atoms with Gasteiger partial charge in [0, 0.05) is 12.8 Å². The highest BCUT2D eigenvalue weighted by molar-refractivity contribution is 5.76. The van der Waals surface area contributed by atoms with Crippen LogP contribution in [0.4, 0.5) is 0 Å². The van der Waals surface area contributed by atoms with E-state index < -0.39 is 49.5 Å². The molecule has 1 rings (SSSR count). The van der Waals surface area contributed by atoms with Crippen molar-refractivity contribution in [2.45, 2.75) is 294 Å². The number of unbranched alkanes of at least 4 members (excludes halogenated alkanes) is 30. The summed E-state index contributed by atoms with van der Waals surface area (Å²) in [5.74, 6) is -0.213. The molecule has 0 bridgehead atoms. The minimum atomic E-state index is -1.58. The molecule has 0 aromatic carbocycles. The van der Waals surface area contributed by atoms with Crippen LogP contribution in [0.1, 0.15) is 251 Å². The van der Waals surface area contributed by atoms with E-state index in [0.717, 1.165) is 77.0 Å². The van der Waals surface area contributed by atoms with Gasteiger partial charge in [0.25, 0.3) is 0 Å². The van der Waals surface area contributed by atoms with Crippen LogP contribution < -0.4 is 5.32 Å². The van der Waals surface area contributed by atoms with E-state index in [4.69, 9.17) is 14.2 Å². The SMILES string of the molecule is CCCCC/C=C/CC/C=C/C(O)C(COC1OC(CO)C(O)C(O)C1O)NC(=O)CCCCCCCCC/C=C\CCCCCCCCCCCOC(=O)CCCCCCCCCCCCC. The summed E-state index contributed by atoms with van der Waals surface area (Å²) in [6.07, 6.45) is 46.8. The highest BCUT2D eigenvalue weighted by Crippen LogP contribution is 2.23. The molecule has 11 nitrogen and oxygen atoms in total. The van der Waals surface area contributed by atoms with Crippen LogP contribution in [-0.4, -0.2) is 100 Å². The zero-order valence-electron chi connectivity index (χ0n) is 43.6. The first-order valence-electron chi connectivity index (χ1n) is 28.3. The number of amides is 1. The molecule has 0 saturated carbocycles. The Hall–Kier alpha value is -2.12. The summed E-state index contributed by atoms with van der Waals surface area (Å²) in [6.45, 7) is 4.25. The van der Waals surface area contributed by atoms with E-state index in [1.54, 1.807) is 6.08 Å². The van der Waals surface area contributed by atoms with Gasteiger partial charge in [-0.15, -0.1) is 0 Å².